The molecule has 0 spiro atoms. The summed E-state index contributed by atoms with van der Waals surface area (Å²) in [4.78, 5) is 4.15. The lowest BCUT2D eigenvalue weighted by Crippen LogP contribution is -2.17. The first-order valence-corrected chi connectivity index (χ1v) is 6.32. The smallest absolute Gasteiger partial charge is 0.392 e. The Bertz CT molecular complexity index is 430. The summed E-state index contributed by atoms with van der Waals surface area (Å²) in [6.45, 7) is 2.01. The van der Waals surface area contributed by atoms with Crippen LogP contribution >= 0.6 is 0 Å². The number of aromatic nitrogens is 1. The van der Waals surface area contributed by atoms with Gasteiger partial charge in [-0.15, -0.1) is 0 Å². The maximum atomic E-state index is 12.1. The van der Waals surface area contributed by atoms with Gasteiger partial charge < -0.3 is 10.1 Å². The maximum absolute atomic E-state index is 12.1. The van der Waals surface area contributed by atoms with Gasteiger partial charge in [-0.2, -0.15) is 13.2 Å². The molecule has 0 aliphatic heterocycles. The van der Waals surface area contributed by atoms with Crippen molar-refractivity contribution in [3.63, 3.8) is 0 Å². The summed E-state index contributed by atoms with van der Waals surface area (Å²) in [5, 5.41) is 3.30. The predicted molar refractivity (Wildman–Crippen MR) is 65.0 cm³/mol. The minimum atomic E-state index is -4.19. The summed E-state index contributed by atoms with van der Waals surface area (Å²) < 4.78 is 41.5. The molecule has 0 bridgehead atoms. The van der Waals surface area contributed by atoms with Crippen LogP contribution in [0.3, 0.4) is 0 Å². The molecule has 1 saturated carbocycles. The van der Waals surface area contributed by atoms with Gasteiger partial charge in [-0.05, 0) is 19.8 Å². The third kappa shape index (κ3) is 5.06. The average Bonchev–Trinajstić information content (AvgIpc) is 3.10. The minimum Gasteiger partial charge on any atom is -0.493 e. The van der Waals surface area contributed by atoms with E-state index in [9.17, 15) is 13.2 Å². The molecule has 1 aliphatic carbocycles. The van der Waals surface area contributed by atoms with E-state index in [1.165, 1.54) is 0 Å². The number of hydrogen-bond donors (Lipinski definition) is 1. The molecule has 0 amide bonds. The average molecular weight is 274 g/mol. The molecule has 19 heavy (non-hydrogen) atoms. The van der Waals surface area contributed by atoms with Gasteiger partial charge in [0.2, 0.25) is 0 Å². The lowest BCUT2D eigenvalue weighted by atomic mass is 10.2. The van der Waals surface area contributed by atoms with Crippen LogP contribution in [0.25, 0.3) is 0 Å². The highest BCUT2D eigenvalue weighted by Gasteiger charge is 2.27. The summed E-state index contributed by atoms with van der Waals surface area (Å²) in [6, 6.07) is 2.21. The number of hydrogen-bond acceptors (Lipinski definition) is 3. The van der Waals surface area contributed by atoms with Crippen LogP contribution in [0.1, 0.15) is 30.5 Å². The standard InChI is InChI=1S/C13H17F3N2O/c1-9-6-12(19-5-4-13(14,15)16)10(7-17-9)8-18-11-2-3-11/h6-7,11,18H,2-5,8H2,1H3. The Hall–Kier alpha value is -1.30. The van der Waals surface area contributed by atoms with E-state index in [4.69, 9.17) is 4.74 Å². The molecule has 1 aromatic heterocycles. The van der Waals surface area contributed by atoms with E-state index in [0.717, 1.165) is 24.1 Å². The quantitative estimate of drug-likeness (QED) is 0.866. The fourth-order valence-electron chi connectivity index (χ4n) is 1.65. The number of pyridine rings is 1. The number of alkyl halides is 3. The Morgan fingerprint density at radius 1 is 1.42 bits per heavy atom. The van der Waals surface area contributed by atoms with Gasteiger partial charge in [0.1, 0.15) is 5.75 Å². The van der Waals surface area contributed by atoms with Crippen molar-refractivity contribution in [1.29, 1.82) is 0 Å². The highest BCUT2D eigenvalue weighted by Crippen LogP contribution is 2.24. The molecule has 0 unspecified atom stereocenters. The third-order valence-corrected chi connectivity index (χ3v) is 2.88. The fourth-order valence-corrected chi connectivity index (χ4v) is 1.65. The maximum Gasteiger partial charge on any atom is 0.392 e. The second kappa shape index (κ2) is 5.77. The van der Waals surface area contributed by atoms with Gasteiger partial charge >= 0.3 is 6.18 Å². The van der Waals surface area contributed by atoms with Crippen molar-refractivity contribution in [2.24, 2.45) is 0 Å². The second-order valence-corrected chi connectivity index (χ2v) is 4.80. The van der Waals surface area contributed by atoms with Crippen LogP contribution in [0.5, 0.6) is 5.75 Å². The van der Waals surface area contributed by atoms with Crippen molar-refractivity contribution in [3.8, 4) is 5.75 Å². The monoisotopic (exact) mass is 274 g/mol. The van der Waals surface area contributed by atoms with Crippen molar-refractivity contribution in [2.45, 2.75) is 44.9 Å². The number of rotatable bonds is 6. The van der Waals surface area contributed by atoms with Crippen molar-refractivity contribution < 1.29 is 17.9 Å². The van der Waals surface area contributed by atoms with Crippen molar-refractivity contribution in [2.75, 3.05) is 6.61 Å². The Kier molecular flexibility index (Phi) is 4.29. The molecule has 1 N–H and O–H groups in total. The number of halogens is 3. The highest BCUT2D eigenvalue weighted by molar-refractivity contribution is 5.32. The van der Waals surface area contributed by atoms with E-state index in [1.54, 1.807) is 19.2 Å². The van der Waals surface area contributed by atoms with Crippen LogP contribution in [0, 0.1) is 6.92 Å². The molecule has 2 rings (SSSR count). The van der Waals surface area contributed by atoms with E-state index >= 15 is 0 Å². The summed E-state index contributed by atoms with van der Waals surface area (Å²) in [5.41, 5.74) is 1.54. The first kappa shape index (κ1) is 14.1. The molecule has 0 radical (unpaired) electrons. The molecule has 1 heterocycles. The summed E-state index contributed by atoms with van der Waals surface area (Å²) in [7, 11) is 0. The molecule has 106 valence electrons. The lowest BCUT2D eigenvalue weighted by Gasteiger charge is -2.13. The van der Waals surface area contributed by atoms with Crippen LogP contribution in [0.15, 0.2) is 12.3 Å². The predicted octanol–water partition coefficient (Wildman–Crippen LogP) is 2.97. The molecule has 0 aromatic carbocycles. The van der Waals surface area contributed by atoms with Crippen molar-refractivity contribution in [3.05, 3.63) is 23.5 Å². The van der Waals surface area contributed by atoms with Crippen LogP contribution < -0.4 is 10.1 Å². The molecule has 3 nitrogen and oxygen atoms in total. The molecule has 1 aromatic rings. The van der Waals surface area contributed by atoms with Crippen molar-refractivity contribution >= 4 is 0 Å². The Labute approximate surface area is 110 Å². The molecule has 0 saturated heterocycles. The van der Waals surface area contributed by atoms with Crippen LogP contribution in [-0.2, 0) is 6.54 Å². The fraction of sp³-hybridized carbons (Fsp3) is 0.615. The normalized spacial score (nSPS) is 15.6. The first-order chi connectivity index (χ1) is 8.94. The number of ether oxygens (including phenoxy) is 1. The number of nitrogens with one attached hydrogen (secondary N) is 1. The first-order valence-electron chi connectivity index (χ1n) is 6.32. The van der Waals surface area contributed by atoms with Crippen LogP contribution in [-0.4, -0.2) is 23.8 Å². The zero-order valence-electron chi connectivity index (χ0n) is 10.8. The highest BCUT2D eigenvalue weighted by atomic mass is 19.4. The number of nitrogens with zero attached hydrogens (tertiary/aromatic N) is 1. The SMILES string of the molecule is Cc1cc(OCCC(F)(F)F)c(CNC2CC2)cn1. The molecule has 0 atom stereocenters. The van der Waals surface area contributed by atoms with E-state index in [1.807, 2.05) is 0 Å². The molecule has 6 heteroatoms. The van der Waals surface area contributed by atoms with Crippen molar-refractivity contribution in [1.82, 2.24) is 10.3 Å². The molecular weight excluding hydrogens is 257 g/mol. The van der Waals surface area contributed by atoms with E-state index in [0.29, 0.717) is 18.3 Å². The van der Waals surface area contributed by atoms with E-state index in [-0.39, 0.29) is 6.61 Å². The summed E-state index contributed by atoms with van der Waals surface area (Å²) in [5.74, 6) is 0.491. The van der Waals surface area contributed by atoms with Gasteiger partial charge in [-0.3, -0.25) is 4.98 Å². The van der Waals surface area contributed by atoms with Gasteiger partial charge in [-0.1, -0.05) is 0 Å². The third-order valence-electron chi connectivity index (χ3n) is 2.88. The van der Waals surface area contributed by atoms with Crippen LogP contribution in [0.2, 0.25) is 0 Å². The Balaban J connectivity index is 1.93. The van der Waals surface area contributed by atoms with E-state index in [2.05, 4.69) is 10.3 Å². The number of aryl methyl sites for hydroxylation is 1. The summed E-state index contributed by atoms with van der Waals surface area (Å²) >= 11 is 0. The van der Waals surface area contributed by atoms with Gasteiger partial charge in [0.15, 0.2) is 0 Å². The van der Waals surface area contributed by atoms with Crippen LogP contribution in [0.4, 0.5) is 13.2 Å². The van der Waals surface area contributed by atoms with Gasteiger partial charge in [0.05, 0.1) is 13.0 Å². The molecule has 1 aliphatic rings. The zero-order chi connectivity index (χ0) is 13.9. The minimum absolute atomic E-state index is 0.358. The summed E-state index contributed by atoms with van der Waals surface area (Å²) in [6.07, 6.45) is -1.15. The lowest BCUT2D eigenvalue weighted by molar-refractivity contribution is -0.139. The molecule has 1 fully saturated rings. The largest absolute Gasteiger partial charge is 0.493 e. The van der Waals surface area contributed by atoms with Gasteiger partial charge in [0.25, 0.3) is 0 Å². The van der Waals surface area contributed by atoms with E-state index < -0.39 is 12.6 Å². The zero-order valence-corrected chi connectivity index (χ0v) is 10.8. The Morgan fingerprint density at radius 2 is 2.16 bits per heavy atom. The molecular formula is C13H17F3N2O. The topological polar surface area (TPSA) is 34.1 Å². The van der Waals surface area contributed by atoms with Gasteiger partial charge in [-0.25, -0.2) is 0 Å². The second-order valence-electron chi connectivity index (χ2n) is 4.80. The Morgan fingerprint density at radius 3 is 2.79 bits per heavy atom. The van der Waals surface area contributed by atoms with Gasteiger partial charge in [0, 0.05) is 36.1 Å².